The molecule has 1 aliphatic carbocycles. The number of hydrogen-bond acceptors (Lipinski definition) is 4. The van der Waals surface area contributed by atoms with Crippen LogP contribution in [-0.2, 0) is 10.0 Å². The molecular formula is C13H13IN2O4S. The standard InChI is InChI=1S/C13H13IN2O4S/c14-12-5-4-10(8-11(12)13(17)18)21(19,20)16(7-1-6-15)9-2-3-9/h4-5,8-9H,1-3,7H2,(H,17,18). The Morgan fingerprint density at radius 1 is 1.48 bits per heavy atom. The van der Waals surface area contributed by atoms with E-state index >= 15 is 0 Å². The Hall–Kier alpha value is -1.18. The molecule has 2 rings (SSSR count). The Labute approximate surface area is 136 Å². The monoisotopic (exact) mass is 420 g/mol. The van der Waals surface area contributed by atoms with Crippen molar-refractivity contribution in [3.63, 3.8) is 0 Å². The third-order valence-electron chi connectivity index (χ3n) is 3.17. The number of aromatic carboxylic acids is 1. The van der Waals surface area contributed by atoms with Crippen LogP contribution in [0, 0.1) is 14.9 Å². The second kappa shape index (κ2) is 6.29. The van der Waals surface area contributed by atoms with Crippen LogP contribution in [0.25, 0.3) is 0 Å². The van der Waals surface area contributed by atoms with Gasteiger partial charge in [-0.1, -0.05) is 0 Å². The first-order valence-electron chi connectivity index (χ1n) is 6.29. The molecule has 0 amide bonds. The molecule has 1 saturated carbocycles. The summed E-state index contributed by atoms with van der Waals surface area (Å²) in [6.07, 6.45) is 1.67. The average molecular weight is 420 g/mol. The predicted molar refractivity (Wildman–Crippen MR) is 83.3 cm³/mol. The summed E-state index contributed by atoms with van der Waals surface area (Å²) in [5.41, 5.74) is -0.0345. The summed E-state index contributed by atoms with van der Waals surface area (Å²) in [5, 5.41) is 17.8. The zero-order chi connectivity index (χ0) is 15.6. The Bertz CT molecular complexity index is 707. The topological polar surface area (TPSA) is 98.5 Å². The third-order valence-corrected chi connectivity index (χ3v) is 6.06. The van der Waals surface area contributed by atoms with Crippen LogP contribution in [0.4, 0.5) is 0 Å². The maximum Gasteiger partial charge on any atom is 0.336 e. The SMILES string of the molecule is N#CCCN(C1CC1)S(=O)(=O)c1ccc(I)c(C(=O)O)c1. The molecule has 0 unspecified atom stereocenters. The predicted octanol–water partition coefficient (Wildman–Crippen LogP) is 2.06. The number of carbonyl (C=O) groups is 1. The smallest absolute Gasteiger partial charge is 0.336 e. The van der Waals surface area contributed by atoms with E-state index in [1.165, 1.54) is 22.5 Å². The van der Waals surface area contributed by atoms with Crippen LogP contribution in [0.1, 0.15) is 29.6 Å². The van der Waals surface area contributed by atoms with Crippen LogP contribution in [0.5, 0.6) is 0 Å². The van der Waals surface area contributed by atoms with Crippen molar-refractivity contribution in [2.75, 3.05) is 6.54 Å². The maximum absolute atomic E-state index is 12.6. The number of hydrogen-bond donors (Lipinski definition) is 1. The van der Waals surface area contributed by atoms with Gasteiger partial charge in [0.05, 0.1) is 16.5 Å². The summed E-state index contributed by atoms with van der Waals surface area (Å²) in [4.78, 5) is 11.1. The van der Waals surface area contributed by atoms with Gasteiger partial charge >= 0.3 is 5.97 Å². The van der Waals surface area contributed by atoms with Crippen molar-refractivity contribution in [3.05, 3.63) is 27.3 Å². The van der Waals surface area contributed by atoms with Crippen molar-refractivity contribution in [1.82, 2.24) is 4.31 Å². The molecule has 6 nitrogen and oxygen atoms in total. The lowest BCUT2D eigenvalue weighted by atomic mass is 10.2. The number of nitriles is 1. The molecular weight excluding hydrogens is 407 g/mol. The molecule has 112 valence electrons. The lowest BCUT2D eigenvalue weighted by molar-refractivity contribution is 0.0695. The summed E-state index contributed by atoms with van der Waals surface area (Å²) >= 11 is 1.85. The number of rotatable bonds is 6. The molecule has 0 aliphatic heterocycles. The van der Waals surface area contributed by atoms with Crippen molar-refractivity contribution in [2.45, 2.75) is 30.2 Å². The van der Waals surface area contributed by atoms with Crippen molar-refractivity contribution in [2.24, 2.45) is 0 Å². The van der Waals surface area contributed by atoms with E-state index in [0.29, 0.717) is 3.57 Å². The average Bonchev–Trinajstić information content (AvgIpc) is 3.23. The highest BCUT2D eigenvalue weighted by Gasteiger charge is 2.38. The number of halogens is 1. The minimum atomic E-state index is -3.77. The highest BCUT2D eigenvalue weighted by atomic mass is 127. The van der Waals surface area contributed by atoms with Crippen molar-refractivity contribution >= 4 is 38.6 Å². The number of benzene rings is 1. The summed E-state index contributed by atoms with van der Waals surface area (Å²) in [6, 6.07) is 5.94. The molecule has 1 fully saturated rings. The lowest BCUT2D eigenvalue weighted by Gasteiger charge is -2.21. The second-order valence-electron chi connectivity index (χ2n) is 4.70. The third kappa shape index (κ3) is 3.53. The molecule has 0 bridgehead atoms. The summed E-state index contributed by atoms with van der Waals surface area (Å²) in [6.45, 7) is 0.137. The van der Waals surface area contributed by atoms with Gasteiger partial charge in [-0.15, -0.1) is 0 Å². The lowest BCUT2D eigenvalue weighted by Crippen LogP contribution is -2.34. The second-order valence-corrected chi connectivity index (χ2v) is 7.75. The normalized spacial score (nSPS) is 14.9. The minimum absolute atomic E-state index is 0.0345. The Kier molecular flexibility index (Phi) is 4.85. The number of carboxylic acids is 1. The molecule has 0 heterocycles. The maximum atomic E-state index is 12.6. The Balaban J connectivity index is 2.40. The van der Waals surface area contributed by atoms with Gasteiger partial charge in [-0.2, -0.15) is 9.57 Å². The Morgan fingerprint density at radius 2 is 2.14 bits per heavy atom. The number of nitrogens with zero attached hydrogens (tertiary/aromatic N) is 2. The molecule has 0 saturated heterocycles. The largest absolute Gasteiger partial charge is 0.478 e. The zero-order valence-electron chi connectivity index (χ0n) is 11.0. The van der Waals surface area contributed by atoms with Gasteiger partial charge in [0.2, 0.25) is 10.0 Å². The van der Waals surface area contributed by atoms with Gasteiger partial charge in [0.15, 0.2) is 0 Å². The fourth-order valence-electron chi connectivity index (χ4n) is 1.99. The van der Waals surface area contributed by atoms with Gasteiger partial charge in [-0.25, -0.2) is 13.2 Å². The van der Waals surface area contributed by atoms with Crippen LogP contribution in [0.3, 0.4) is 0 Å². The first-order chi connectivity index (χ1) is 9.87. The molecule has 21 heavy (non-hydrogen) atoms. The van der Waals surface area contributed by atoms with E-state index in [1.807, 2.05) is 28.7 Å². The molecule has 1 aliphatic rings. The van der Waals surface area contributed by atoms with Crippen molar-refractivity contribution in [3.8, 4) is 6.07 Å². The quantitative estimate of drug-likeness (QED) is 0.711. The van der Waals surface area contributed by atoms with E-state index in [0.717, 1.165) is 12.8 Å². The summed E-state index contributed by atoms with van der Waals surface area (Å²) in [5.74, 6) is -1.16. The van der Waals surface area contributed by atoms with Crippen LogP contribution < -0.4 is 0 Å². The van der Waals surface area contributed by atoms with Crippen LogP contribution >= 0.6 is 22.6 Å². The molecule has 0 spiro atoms. The van der Waals surface area contributed by atoms with E-state index in [4.69, 9.17) is 10.4 Å². The fourth-order valence-corrected chi connectivity index (χ4v) is 4.26. The van der Waals surface area contributed by atoms with E-state index in [-0.39, 0.29) is 29.5 Å². The van der Waals surface area contributed by atoms with Crippen LogP contribution in [-0.4, -0.2) is 36.4 Å². The van der Waals surface area contributed by atoms with E-state index in [9.17, 15) is 13.2 Å². The van der Waals surface area contributed by atoms with E-state index < -0.39 is 16.0 Å². The van der Waals surface area contributed by atoms with Crippen molar-refractivity contribution in [1.29, 1.82) is 5.26 Å². The van der Waals surface area contributed by atoms with Gasteiger partial charge in [0, 0.05) is 22.6 Å². The first-order valence-corrected chi connectivity index (χ1v) is 8.81. The van der Waals surface area contributed by atoms with Gasteiger partial charge in [-0.3, -0.25) is 0 Å². The summed E-state index contributed by atoms with van der Waals surface area (Å²) < 4.78 is 27.0. The van der Waals surface area contributed by atoms with Gasteiger partial charge < -0.3 is 5.11 Å². The highest BCUT2D eigenvalue weighted by Crippen LogP contribution is 2.32. The number of sulfonamides is 1. The molecule has 1 aromatic carbocycles. The molecule has 0 radical (unpaired) electrons. The highest BCUT2D eigenvalue weighted by molar-refractivity contribution is 14.1. The van der Waals surface area contributed by atoms with Crippen molar-refractivity contribution < 1.29 is 18.3 Å². The number of carboxylic acid groups (broad SMARTS) is 1. The van der Waals surface area contributed by atoms with Crippen LogP contribution in [0.15, 0.2) is 23.1 Å². The molecule has 0 atom stereocenters. The van der Waals surface area contributed by atoms with E-state index in [2.05, 4.69) is 0 Å². The van der Waals surface area contributed by atoms with Gasteiger partial charge in [0.1, 0.15) is 0 Å². The van der Waals surface area contributed by atoms with Crippen LogP contribution in [0.2, 0.25) is 0 Å². The van der Waals surface area contributed by atoms with Gasteiger partial charge in [0.25, 0.3) is 0 Å². The van der Waals surface area contributed by atoms with E-state index in [1.54, 1.807) is 0 Å². The fraction of sp³-hybridized carbons (Fsp3) is 0.385. The zero-order valence-corrected chi connectivity index (χ0v) is 14.0. The van der Waals surface area contributed by atoms with Gasteiger partial charge in [-0.05, 0) is 53.6 Å². The molecule has 0 aromatic heterocycles. The minimum Gasteiger partial charge on any atom is -0.478 e. The summed E-state index contributed by atoms with van der Waals surface area (Å²) in [7, 11) is -3.77. The Morgan fingerprint density at radius 3 is 2.67 bits per heavy atom. The molecule has 1 aromatic rings. The molecule has 1 N–H and O–H groups in total. The first kappa shape index (κ1) is 16.2. The molecule has 8 heteroatoms.